The maximum absolute atomic E-state index is 12.7. The maximum Gasteiger partial charge on any atom is 0.280 e. The molecule has 9 heteroatoms. The van der Waals surface area contributed by atoms with Crippen LogP contribution in [-0.4, -0.2) is 37.0 Å². The number of carbonyl (C=O) groups is 1. The summed E-state index contributed by atoms with van der Waals surface area (Å²) in [7, 11) is 4.42. The molecule has 0 aliphatic heterocycles. The van der Waals surface area contributed by atoms with Crippen LogP contribution >= 0.6 is 11.6 Å². The predicted octanol–water partition coefficient (Wildman–Crippen LogP) is 3.16. The summed E-state index contributed by atoms with van der Waals surface area (Å²) in [6.07, 6.45) is 0. The van der Waals surface area contributed by atoms with Gasteiger partial charge in [-0.25, -0.2) is 0 Å². The highest BCUT2D eigenvalue weighted by Crippen LogP contribution is 2.26. The van der Waals surface area contributed by atoms with E-state index in [0.29, 0.717) is 27.9 Å². The Labute approximate surface area is 171 Å². The second-order valence-corrected chi connectivity index (χ2v) is 6.28. The van der Waals surface area contributed by atoms with Crippen molar-refractivity contribution in [3.63, 3.8) is 0 Å². The molecule has 0 atom stereocenters. The van der Waals surface area contributed by atoms with Gasteiger partial charge in [0, 0.05) is 28.9 Å². The van der Waals surface area contributed by atoms with Crippen molar-refractivity contribution in [2.75, 3.05) is 26.6 Å². The predicted molar refractivity (Wildman–Crippen MR) is 109 cm³/mol. The third-order valence-corrected chi connectivity index (χ3v) is 4.22. The second-order valence-electron chi connectivity index (χ2n) is 5.85. The highest BCUT2D eigenvalue weighted by atomic mass is 35.5. The number of benzene rings is 2. The summed E-state index contributed by atoms with van der Waals surface area (Å²) in [5.74, 6) is 0.479. The third-order valence-electron chi connectivity index (χ3n) is 3.98. The maximum atomic E-state index is 12.7. The van der Waals surface area contributed by atoms with Crippen molar-refractivity contribution >= 4 is 23.2 Å². The Balaban J connectivity index is 2.07. The molecule has 0 saturated carbocycles. The van der Waals surface area contributed by atoms with Crippen LogP contribution in [0.25, 0.3) is 5.69 Å². The average Bonchev–Trinajstić information content (AvgIpc) is 2.72. The van der Waals surface area contributed by atoms with Gasteiger partial charge in [-0.2, -0.15) is 9.78 Å². The summed E-state index contributed by atoms with van der Waals surface area (Å²) >= 11 is 5.93. The standard InChI is InChI=1S/C20H18ClN3O5/c1-27-15-8-14(9-16(10-15)28-2)24-18(29-3)11-17(25)19(23-24)20(26)22-13-6-4-5-12(21)7-13/h4-11H,1-3H3,(H,22,26). The third kappa shape index (κ3) is 4.49. The van der Waals surface area contributed by atoms with Crippen molar-refractivity contribution in [1.29, 1.82) is 0 Å². The van der Waals surface area contributed by atoms with Crippen molar-refractivity contribution in [3.05, 3.63) is 69.5 Å². The Morgan fingerprint density at radius 2 is 1.69 bits per heavy atom. The largest absolute Gasteiger partial charge is 0.497 e. The van der Waals surface area contributed by atoms with Crippen LogP contribution in [0.15, 0.2) is 53.3 Å². The Morgan fingerprint density at radius 1 is 1.00 bits per heavy atom. The van der Waals surface area contributed by atoms with E-state index in [9.17, 15) is 9.59 Å². The lowest BCUT2D eigenvalue weighted by atomic mass is 10.2. The molecule has 1 N–H and O–H groups in total. The Bertz CT molecular complexity index is 1090. The molecule has 0 radical (unpaired) electrons. The van der Waals surface area contributed by atoms with Gasteiger partial charge in [0.1, 0.15) is 11.5 Å². The molecule has 29 heavy (non-hydrogen) atoms. The minimum Gasteiger partial charge on any atom is -0.497 e. The lowest BCUT2D eigenvalue weighted by molar-refractivity contribution is 0.101. The number of hydrogen-bond donors (Lipinski definition) is 1. The van der Waals surface area contributed by atoms with E-state index in [2.05, 4.69) is 10.4 Å². The van der Waals surface area contributed by atoms with Gasteiger partial charge in [-0.3, -0.25) is 9.59 Å². The van der Waals surface area contributed by atoms with Gasteiger partial charge in [-0.05, 0) is 18.2 Å². The van der Waals surface area contributed by atoms with E-state index in [1.54, 1.807) is 42.5 Å². The van der Waals surface area contributed by atoms with E-state index in [0.717, 1.165) is 0 Å². The van der Waals surface area contributed by atoms with Gasteiger partial charge in [0.2, 0.25) is 11.3 Å². The first-order valence-corrected chi connectivity index (χ1v) is 8.81. The zero-order chi connectivity index (χ0) is 21.0. The molecule has 1 aromatic heterocycles. The highest BCUT2D eigenvalue weighted by molar-refractivity contribution is 6.30. The van der Waals surface area contributed by atoms with Crippen molar-refractivity contribution in [2.45, 2.75) is 0 Å². The Morgan fingerprint density at radius 3 is 2.28 bits per heavy atom. The minimum atomic E-state index is -0.677. The molecule has 0 aliphatic carbocycles. The van der Waals surface area contributed by atoms with Crippen molar-refractivity contribution in [1.82, 2.24) is 9.78 Å². The summed E-state index contributed by atoms with van der Waals surface area (Å²) in [6.45, 7) is 0. The molecule has 3 rings (SSSR count). The summed E-state index contributed by atoms with van der Waals surface area (Å²) in [5, 5.41) is 7.27. The fourth-order valence-electron chi connectivity index (χ4n) is 2.60. The topological polar surface area (TPSA) is 91.7 Å². The Kier molecular flexibility index (Phi) is 6.04. The van der Waals surface area contributed by atoms with E-state index < -0.39 is 11.3 Å². The smallest absolute Gasteiger partial charge is 0.280 e. The number of anilines is 1. The molecule has 0 spiro atoms. The number of hydrogen-bond acceptors (Lipinski definition) is 6. The number of nitrogens with zero attached hydrogens (tertiary/aromatic N) is 2. The van der Waals surface area contributed by atoms with E-state index in [4.69, 9.17) is 25.8 Å². The Hall–Kier alpha value is -3.52. The van der Waals surface area contributed by atoms with Crippen LogP contribution < -0.4 is 25.0 Å². The normalized spacial score (nSPS) is 10.3. The molecule has 8 nitrogen and oxygen atoms in total. The van der Waals surface area contributed by atoms with Gasteiger partial charge in [0.25, 0.3) is 5.91 Å². The molecule has 0 fully saturated rings. The lowest BCUT2D eigenvalue weighted by Gasteiger charge is -2.14. The fourth-order valence-corrected chi connectivity index (χ4v) is 2.79. The van der Waals surface area contributed by atoms with Crippen LogP contribution in [0.1, 0.15) is 10.5 Å². The minimum absolute atomic E-state index is 0.143. The fraction of sp³-hybridized carbons (Fsp3) is 0.150. The van der Waals surface area contributed by atoms with Gasteiger partial charge < -0.3 is 19.5 Å². The van der Waals surface area contributed by atoms with Crippen LogP contribution in [0.3, 0.4) is 0 Å². The van der Waals surface area contributed by atoms with Crippen molar-refractivity contribution in [2.24, 2.45) is 0 Å². The SMILES string of the molecule is COc1cc(OC)cc(-n2nc(C(=O)Nc3cccc(Cl)c3)c(=O)cc2OC)c1. The highest BCUT2D eigenvalue weighted by Gasteiger charge is 2.18. The second kappa shape index (κ2) is 8.66. The van der Waals surface area contributed by atoms with Gasteiger partial charge in [0.05, 0.1) is 33.1 Å². The van der Waals surface area contributed by atoms with Crippen LogP contribution in [-0.2, 0) is 0 Å². The summed E-state index contributed by atoms with van der Waals surface area (Å²) in [6, 6.07) is 12.8. The molecule has 2 aromatic carbocycles. The molecular formula is C20H18ClN3O5. The number of halogens is 1. The zero-order valence-corrected chi connectivity index (χ0v) is 16.7. The van der Waals surface area contributed by atoms with Gasteiger partial charge in [0.15, 0.2) is 5.69 Å². The summed E-state index contributed by atoms with van der Waals surface area (Å²) in [4.78, 5) is 25.1. The van der Waals surface area contributed by atoms with Crippen LogP contribution in [0.2, 0.25) is 5.02 Å². The van der Waals surface area contributed by atoms with Crippen LogP contribution in [0.5, 0.6) is 17.4 Å². The number of methoxy groups -OCH3 is 3. The first kappa shape index (κ1) is 20.2. The zero-order valence-electron chi connectivity index (χ0n) is 15.9. The van der Waals surface area contributed by atoms with E-state index in [-0.39, 0.29) is 11.6 Å². The summed E-state index contributed by atoms with van der Waals surface area (Å²) < 4.78 is 17.1. The number of aromatic nitrogens is 2. The number of ether oxygens (including phenoxy) is 3. The monoisotopic (exact) mass is 415 g/mol. The van der Waals surface area contributed by atoms with Gasteiger partial charge >= 0.3 is 0 Å². The molecule has 3 aromatic rings. The van der Waals surface area contributed by atoms with Crippen molar-refractivity contribution < 1.29 is 19.0 Å². The summed E-state index contributed by atoms with van der Waals surface area (Å²) in [5.41, 5.74) is 0.0176. The molecule has 0 aliphatic rings. The van der Waals surface area contributed by atoms with E-state index in [1.165, 1.54) is 32.1 Å². The molecule has 1 heterocycles. The van der Waals surface area contributed by atoms with E-state index >= 15 is 0 Å². The first-order chi connectivity index (χ1) is 13.9. The van der Waals surface area contributed by atoms with Gasteiger partial charge in [-0.1, -0.05) is 17.7 Å². The van der Waals surface area contributed by atoms with Crippen LogP contribution in [0, 0.1) is 0 Å². The number of amides is 1. The number of nitrogens with one attached hydrogen (secondary N) is 1. The van der Waals surface area contributed by atoms with E-state index in [1.807, 2.05) is 0 Å². The molecule has 0 bridgehead atoms. The molecule has 1 amide bonds. The number of rotatable bonds is 6. The quantitative estimate of drug-likeness (QED) is 0.664. The van der Waals surface area contributed by atoms with Gasteiger partial charge in [-0.15, -0.1) is 0 Å². The first-order valence-electron chi connectivity index (χ1n) is 8.44. The van der Waals surface area contributed by atoms with Crippen molar-refractivity contribution in [3.8, 4) is 23.1 Å². The van der Waals surface area contributed by atoms with Crippen LogP contribution in [0.4, 0.5) is 5.69 Å². The number of carbonyl (C=O) groups excluding carboxylic acids is 1. The molecule has 0 unspecified atom stereocenters. The molecular weight excluding hydrogens is 398 g/mol. The lowest BCUT2D eigenvalue weighted by Crippen LogP contribution is -2.26. The molecule has 0 saturated heterocycles. The molecule has 150 valence electrons. The average molecular weight is 416 g/mol.